The third kappa shape index (κ3) is 7.15. The summed E-state index contributed by atoms with van der Waals surface area (Å²) in [6.45, 7) is 2.78. The third-order valence-electron chi connectivity index (χ3n) is 3.63. The van der Waals surface area contributed by atoms with Gasteiger partial charge < -0.3 is 25.4 Å². The van der Waals surface area contributed by atoms with Crippen molar-refractivity contribution in [1.29, 1.82) is 0 Å². The van der Waals surface area contributed by atoms with Crippen LogP contribution in [0, 0.1) is 0 Å². The molecule has 0 heterocycles. The highest BCUT2D eigenvalue weighted by Crippen LogP contribution is 2.15. The van der Waals surface area contributed by atoms with Gasteiger partial charge in [0, 0.05) is 25.5 Å². The lowest BCUT2D eigenvalue weighted by Gasteiger charge is -2.17. The molecule has 6 heteroatoms. The molecule has 1 atom stereocenters. The first-order chi connectivity index (χ1) is 10.9. The maximum Gasteiger partial charge on any atom is 0.230 e. The Hall–Kier alpha value is -2.08. The normalized spacial score (nSPS) is 11.8. The minimum Gasteiger partial charge on any atom is -0.544 e. The van der Waals surface area contributed by atoms with Crippen LogP contribution in [-0.4, -0.2) is 38.6 Å². The first kappa shape index (κ1) is 19.0. The van der Waals surface area contributed by atoms with Gasteiger partial charge in [-0.2, -0.15) is 0 Å². The van der Waals surface area contributed by atoms with E-state index in [1.807, 2.05) is 31.1 Å². The predicted octanol–water partition coefficient (Wildman–Crippen LogP) is -0.0467. The largest absolute Gasteiger partial charge is 0.544 e. The molecule has 0 unspecified atom stereocenters. The number of aliphatic carboxylic acids is 1. The molecule has 0 bridgehead atoms. The molecule has 1 aromatic carbocycles. The van der Waals surface area contributed by atoms with E-state index in [-0.39, 0.29) is 12.3 Å². The molecule has 23 heavy (non-hydrogen) atoms. The van der Waals surface area contributed by atoms with E-state index < -0.39 is 12.0 Å². The van der Waals surface area contributed by atoms with Gasteiger partial charge in [0.2, 0.25) is 5.91 Å². The maximum absolute atomic E-state index is 12.0. The second-order valence-corrected chi connectivity index (χ2v) is 5.85. The summed E-state index contributed by atoms with van der Waals surface area (Å²) in [4.78, 5) is 25.1. The number of unbranched alkanes of at least 4 members (excludes halogenated alkanes) is 2. The molecule has 0 radical (unpaired) electrons. The van der Waals surface area contributed by atoms with Crippen LogP contribution < -0.4 is 20.6 Å². The number of nitrogens with zero attached hydrogens (tertiary/aromatic N) is 1. The van der Waals surface area contributed by atoms with E-state index in [0.29, 0.717) is 12.2 Å². The number of quaternary nitrogens is 1. The zero-order valence-corrected chi connectivity index (χ0v) is 14.2. The second kappa shape index (κ2) is 9.84. The van der Waals surface area contributed by atoms with Crippen LogP contribution >= 0.6 is 0 Å². The Balaban J connectivity index is 2.49. The molecule has 1 rings (SSSR count). The van der Waals surface area contributed by atoms with Crippen molar-refractivity contribution in [2.24, 2.45) is 0 Å². The average Bonchev–Trinajstić information content (AvgIpc) is 2.50. The van der Waals surface area contributed by atoms with Crippen LogP contribution in [0.5, 0.6) is 0 Å². The molecule has 0 spiro atoms. The van der Waals surface area contributed by atoms with Gasteiger partial charge >= 0.3 is 0 Å². The Morgan fingerprint density at radius 2 is 1.87 bits per heavy atom. The fourth-order valence-electron chi connectivity index (χ4n) is 2.23. The van der Waals surface area contributed by atoms with Crippen molar-refractivity contribution in [3.8, 4) is 0 Å². The van der Waals surface area contributed by atoms with E-state index in [1.165, 1.54) is 0 Å². The SMILES string of the molecule is CCCCC[NH2+][C@H](CC(=O)Nc1ccc(N(C)C)cc1)C(=O)[O-]. The van der Waals surface area contributed by atoms with Gasteiger partial charge in [0.25, 0.3) is 0 Å². The number of amides is 1. The van der Waals surface area contributed by atoms with Crippen molar-refractivity contribution < 1.29 is 20.0 Å². The Bertz CT molecular complexity index is 500. The molecule has 3 N–H and O–H groups in total. The van der Waals surface area contributed by atoms with Crippen molar-refractivity contribution in [3.63, 3.8) is 0 Å². The summed E-state index contributed by atoms with van der Waals surface area (Å²) >= 11 is 0. The Morgan fingerprint density at radius 1 is 1.22 bits per heavy atom. The first-order valence-corrected chi connectivity index (χ1v) is 8.05. The zero-order chi connectivity index (χ0) is 17.2. The summed E-state index contributed by atoms with van der Waals surface area (Å²) in [7, 11) is 3.87. The number of anilines is 2. The van der Waals surface area contributed by atoms with Crippen molar-refractivity contribution in [2.45, 2.75) is 38.6 Å². The molecule has 0 aliphatic rings. The smallest absolute Gasteiger partial charge is 0.230 e. The fraction of sp³-hybridized carbons (Fsp3) is 0.529. The molecule has 1 aromatic rings. The Kier molecular flexibility index (Phi) is 8.11. The lowest BCUT2D eigenvalue weighted by Crippen LogP contribution is -2.93. The quantitative estimate of drug-likeness (QED) is 0.592. The van der Waals surface area contributed by atoms with Crippen LogP contribution in [0.25, 0.3) is 0 Å². The monoisotopic (exact) mass is 321 g/mol. The number of hydrogen-bond donors (Lipinski definition) is 2. The van der Waals surface area contributed by atoms with E-state index in [1.54, 1.807) is 17.4 Å². The second-order valence-electron chi connectivity index (χ2n) is 5.85. The Labute approximate surface area is 137 Å². The number of nitrogens with two attached hydrogens (primary N) is 1. The van der Waals surface area contributed by atoms with Crippen LogP contribution in [0.2, 0.25) is 0 Å². The van der Waals surface area contributed by atoms with Crippen LogP contribution in [0.1, 0.15) is 32.6 Å². The number of benzene rings is 1. The molecule has 128 valence electrons. The molecule has 0 aromatic heterocycles. The van der Waals surface area contributed by atoms with Crippen molar-refractivity contribution in [3.05, 3.63) is 24.3 Å². The molecule has 0 saturated heterocycles. The number of carboxylic acid groups (broad SMARTS) is 1. The topological polar surface area (TPSA) is 89.1 Å². The Morgan fingerprint density at radius 3 is 2.39 bits per heavy atom. The molecule has 0 saturated carbocycles. The van der Waals surface area contributed by atoms with Gasteiger partial charge in [-0.1, -0.05) is 13.3 Å². The van der Waals surface area contributed by atoms with Crippen molar-refractivity contribution in [2.75, 3.05) is 30.9 Å². The molecule has 0 aliphatic heterocycles. The van der Waals surface area contributed by atoms with E-state index in [9.17, 15) is 14.7 Å². The van der Waals surface area contributed by atoms with E-state index in [4.69, 9.17) is 0 Å². The van der Waals surface area contributed by atoms with Gasteiger partial charge in [-0.3, -0.25) is 4.79 Å². The van der Waals surface area contributed by atoms with E-state index >= 15 is 0 Å². The highest BCUT2D eigenvalue weighted by molar-refractivity contribution is 5.93. The van der Waals surface area contributed by atoms with E-state index in [0.717, 1.165) is 24.9 Å². The maximum atomic E-state index is 12.0. The number of carbonyl (C=O) groups is 2. The third-order valence-corrected chi connectivity index (χ3v) is 3.63. The number of nitrogens with one attached hydrogen (secondary N) is 1. The van der Waals surface area contributed by atoms with Crippen LogP contribution in [0.4, 0.5) is 11.4 Å². The zero-order valence-electron chi connectivity index (χ0n) is 14.2. The summed E-state index contributed by atoms with van der Waals surface area (Å²) in [6.07, 6.45) is 2.98. The van der Waals surface area contributed by atoms with Gasteiger partial charge in [0.05, 0.1) is 18.9 Å². The van der Waals surface area contributed by atoms with Gasteiger partial charge in [-0.15, -0.1) is 0 Å². The summed E-state index contributed by atoms with van der Waals surface area (Å²) in [5.41, 5.74) is 1.68. The molecular weight excluding hydrogens is 294 g/mol. The van der Waals surface area contributed by atoms with Crippen LogP contribution in [-0.2, 0) is 9.59 Å². The highest BCUT2D eigenvalue weighted by atomic mass is 16.4. The standard InChI is InChI=1S/C17H27N3O3/c1-4-5-6-11-18-15(17(22)23)12-16(21)19-13-7-9-14(10-8-13)20(2)3/h7-10,15,18H,4-6,11-12H2,1-3H3,(H,19,21)(H,22,23)/t15-/m1/s1. The molecular formula is C17H27N3O3. The van der Waals surface area contributed by atoms with Gasteiger partial charge in [-0.25, -0.2) is 0 Å². The van der Waals surface area contributed by atoms with Gasteiger partial charge in [0.1, 0.15) is 6.04 Å². The van der Waals surface area contributed by atoms with Crippen molar-refractivity contribution in [1.82, 2.24) is 0 Å². The summed E-state index contributed by atoms with van der Waals surface area (Å²) in [6, 6.07) is 6.54. The van der Waals surface area contributed by atoms with Crippen molar-refractivity contribution >= 4 is 23.3 Å². The molecule has 0 aliphatic carbocycles. The van der Waals surface area contributed by atoms with Gasteiger partial charge in [0.15, 0.2) is 0 Å². The first-order valence-electron chi connectivity index (χ1n) is 8.05. The number of rotatable bonds is 10. The average molecular weight is 321 g/mol. The minimum absolute atomic E-state index is 0.0934. The lowest BCUT2D eigenvalue weighted by atomic mass is 10.1. The number of carbonyl (C=O) groups excluding carboxylic acids is 2. The number of hydrogen-bond acceptors (Lipinski definition) is 4. The molecule has 0 fully saturated rings. The predicted molar refractivity (Wildman–Crippen MR) is 89.1 cm³/mol. The molecule has 1 amide bonds. The fourth-order valence-corrected chi connectivity index (χ4v) is 2.23. The summed E-state index contributed by atoms with van der Waals surface area (Å²) in [5.74, 6) is -1.51. The molecule has 6 nitrogen and oxygen atoms in total. The highest BCUT2D eigenvalue weighted by Gasteiger charge is 2.18. The van der Waals surface area contributed by atoms with Crippen LogP contribution in [0.15, 0.2) is 24.3 Å². The number of carboxylic acids is 1. The lowest BCUT2D eigenvalue weighted by molar-refractivity contribution is -0.682. The van der Waals surface area contributed by atoms with Crippen LogP contribution in [0.3, 0.4) is 0 Å². The summed E-state index contributed by atoms with van der Waals surface area (Å²) in [5, 5.41) is 15.5. The summed E-state index contributed by atoms with van der Waals surface area (Å²) < 4.78 is 0. The minimum atomic E-state index is -1.19. The van der Waals surface area contributed by atoms with E-state index in [2.05, 4.69) is 12.2 Å². The van der Waals surface area contributed by atoms with Gasteiger partial charge in [-0.05, 0) is 37.1 Å².